The van der Waals surface area contributed by atoms with E-state index < -0.39 is 10.2 Å². The number of fused-ring (bicyclic) bond motifs is 1. The molecule has 3 aliphatic rings. The highest BCUT2D eigenvalue weighted by Crippen LogP contribution is 2.33. The predicted octanol–water partition coefficient (Wildman–Crippen LogP) is 0.924. The lowest BCUT2D eigenvalue weighted by Crippen LogP contribution is -2.51. The van der Waals surface area contributed by atoms with Crippen molar-refractivity contribution in [2.45, 2.75) is 25.8 Å². The zero-order chi connectivity index (χ0) is 21.1. The number of amides is 1. The number of carbonyl (C=O) groups excluding carboxylic acids is 1. The number of hydrogen-bond donors (Lipinski definition) is 1. The number of nitrogens with one attached hydrogen (secondary N) is 1. The second-order valence-corrected chi connectivity index (χ2v) is 9.75. The Hall–Kier alpha value is -1.88. The van der Waals surface area contributed by atoms with Crippen LogP contribution in [0.3, 0.4) is 0 Å². The van der Waals surface area contributed by atoms with Gasteiger partial charge in [-0.1, -0.05) is 6.07 Å². The van der Waals surface area contributed by atoms with Gasteiger partial charge in [0, 0.05) is 32.1 Å². The largest absolute Gasteiger partial charge is 0.486 e. The van der Waals surface area contributed by atoms with Crippen LogP contribution in [0, 0.1) is 5.92 Å². The smallest absolute Gasteiger partial charge is 0.282 e. The molecular weight excluding hydrogens is 410 g/mol. The Labute approximate surface area is 177 Å². The zero-order valence-electron chi connectivity index (χ0n) is 17.2. The zero-order valence-corrected chi connectivity index (χ0v) is 18.0. The van der Waals surface area contributed by atoms with E-state index in [1.165, 1.54) is 8.61 Å². The van der Waals surface area contributed by atoms with E-state index in [9.17, 15) is 13.2 Å². The molecule has 0 bridgehead atoms. The molecular formula is C20H29N3O6S. The molecule has 1 aromatic rings. The van der Waals surface area contributed by atoms with Crippen LogP contribution in [0.1, 0.15) is 31.4 Å². The molecule has 0 saturated carbocycles. The molecule has 0 spiro atoms. The van der Waals surface area contributed by atoms with Gasteiger partial charge in [-0.15, -0.1) is 0 Å². The number of piperidine rings is 1. The van der Waals surface area contributed by atoms with Crippen LogP contribution in [-0.2, 0) is 19.7 Å². The van der Waals surface area contributed by atoms with Crippen LogP contribution in [0.5, 0.6) is 11.5 Å². The number of rotatable bonds is 5. The molecule has 1 amide bonds. The first-order valence-corrected chi connectivity index (χ1v) is 11.9. The molecule has 9 nitrogen and oxygen atoms in total. The summed E-state index contributed by atoms with van der Waals surface area (Å²) < 4.78 is 44.9. The molecule has 2 fully saturated rings. The van der Waals surface area contributed by atoms with Crippen molar-refractivity contribution >= 4 is 16.1 Å². The van der Waals surface area contributed by atoms with Crippen molar-refractivity contribution in [1.82, 2.24) is 13.9 Å². The summed E-state index contributed by atoms with van der Waals surface area (Å²) in [6, 6.07) is 5.51. The maximum absolute atomic E-state index is 12.8. The number of ether oxygens (including phenoxy) is 3. The number of nitrogens with zero attached hydrogens (tertiary/aromatic N) is 2. The van der Waals surface area contributed by atoms with Crippen molar-refractivity contribution in [2.75, 3.05) is 52.6 Å². The molecule has 0 radical (unpaired) electrons. The van der Waals surface area contributed by atoms with Gasteiger partial charge in [0.2, 0.25) is 5.91 Å². The molecule has 4 rings (SSSR count). The van der Waals surface area contributed by atoms with Gasteiger partial charge in [-0.3, -0.25) is 4.79 Å². The van der Waals surface area contributed by atoms with Crippen molar-refractivity contribution in [3.8, 4) is 11.5 Å². The number of morpholine rings is 1. The number of hydrogen-bond acceptors (Lipinski definition) is 6. The highest BCUT2D eigenvalue weighted by atomic mass is 32.2. The van der Waals surface area contributed by atoms with E-state index in [-0.39, 0.29) is 17.9 Å². The SMILES string of the molecule is CC(NC(=O)C1CCN(S(=O)(=O)N2CCOCC2)CC1)c1ccc2c(c1)OCCO2. The Morgan fingerprint density at radius 1 is 1.00 bits per heavy atom. The van der Waals surface area contributed by atoms with Crippen molar-refractivity contribution in [3.05, 3.63) is 23.8 Å². The number of carbonyl (C=O) groups is 1. The lowest BCUT2D eigenvalue weighted by molar-refractivity contribution is -0.126. The molecule has 1 unspecified atom stereocenters. The monoisotopic (exact) mass is 439 g/mol. The first-order chi connectivity index (χ1) is 14.4. The van der Waals surface area contributed by atoms with Crippen LogP contribution in [0.4, 0.5) is 0 Å². The molecule has 0 aliphatic carbocycles. The average Bonchev–Trinajstić information content (AvgIpc) is 2.79. The molecule has 0 aromatic heterocycles. The van der Waals surface area contributed by atoms with E-state index >= 15 is 0 Å². The van der Waals surface area contributed by atoms with E-state index in [1.807, 2.05) is 25.1 Å². The summed E-state index contributed by atoms with van der Waals surface area (Å²) in [7, 11) is -3.48. The highest BCUT2D eigenvalue weighted by molar-refractivity contribution is 7.86. The third kappa shape index (κ3) is 4.56. The molecule has 3 heterocycles. The quantitative estimate of drug-likeness (QED) is 0.733. The van der Waals surface area contributed by atoms with Crippen molar-refractivity contribution in [3.63, 3.8) is 0 Å². The van der Waals surface area contributed by atoms with Gasteiger partial charge in [0.05, 0.1) is 19.3 Å². The maximum atomic E-state index is 12.8. The van der Waals surface area contributed by atoms with Gasteiger partial charge in [-0.25, -0.2) is 0 Å². The molecule has 30 heavy (non-hydrogen) atoms. The summed E-state index contributed by atoms with van der Waals surface area (Å²) in [6.45, 7) is 5.33. The van der Waals surface area contributed by atoms with Gasteiger partial charge in [0.1, 0.15) is 13.2 Å². The fraction of sp³-hybridized carbons (Fsp3) is 0.650. The van der Waals surface area contributed by atoms with Crippen LogP contribution < -0.4 is 14.8 Å². The molecule has 1 aromatic carbocycles. The Balaban J connectivity index is 1.31. The standard InChI is InChI=1S/C20H29N3O6S/c1-15(17-2-3-18-19(14-17)29-13-12-28-18)21-20(24)16-4-6-22(7-5-16)30(25,26)23-8-10-27-11-9-23/h2-3,14-16H,4-13H2,1H3,(H,21,24). The van der Waals surface area contributed by atoms with Crippen molar-refractivity contribution in [1.29, 1.82) is 0 Å². The molecule has 166 valence electrons. The van der Waals surface area contributed by atoms with Crippen LogP contribution in [-0.4, -0.2) is 75.5 Å². The van der Waals surface area contributed by atoms with Crippen LogP contribution in [0.2, 0.25) is 0 Å². The predicted molar refractivity (Wildman–Crippen MR) is 110 cm³/mol. The minimum absolute atomic E-state index is 0.0409. The first kappa shape index (κ1) is 21.4. The van der Waals surface area contributed by atoms with Gasteiger partial charge in [-0.05, 0) is 37.5 Å². The Morgan fingerprint density at radius 2 is 1.63 bits per heavy atom. The molecule has 3 aliphatic heterocycles. The lowest BCUT2D eigenvalue weighted by Gasteiger charge is -2.36. The van der Waals surface area contributed by atoms with Gasteiger partial charge >= 0.3 is 0 Å². The van der Waals surface area contributed by atoms with E-state index in [2.05, 4.69) is 5.32 Å². The summed E-state index contributed by atoms with van der Waals surface area (Å²) >= 11 is 0. The average molecular weight is 440 g/mol. The molecule has 1 N–H and O–H groups in total. The number of benzene rings is 1. The van der Waals surface area contributed by atoms with E-state index in [0.29, 0.717) is 71.2 Å². The van der Waals surface area contributed by atoms with Crippen LogP contribution in [0.15, 0.2) is 18.2 Å². The minimum atomic E-state index is -3.48. The topological polar surface area (TPSA) is 97.4 Å². The van der Waals surface area contributed by atoms with Gasteiger partial charge in [0.25, 0.3) is 10.2 Å². The summed E-state index contributed by atoms with van der Waals surface area (Å²) in [5, 5.41) is 3.06. The summed E-state index contributed by atoms with van der Waals surface area (Å²) in [5.41, 5.74) is 0.944. The van der Waals surface area contributed by atoms with Crippen LogP contribution in [0.25, 0.3) is 0 Å². The summed E-state index contributed by atoms with van der Waals surface area (Å²) in [5.74, 6) is 1.18. The third-order valence-corrected chi connectivity index (χ3v) is 7.91. The van der Waals surface area contributed by atoms with Crippen molar-refractivity contribution in [2.24, 2.45) is 5.92 Å². The Kier molecular flexibility index (Phi) is 6.47. The normalized spacial score (nSPS) is 22.4. The summed E-state index contributed by atoms with van der Waals surface area (Å²) in [6.07, 6.45) is 1.03. The molecule has 1 atom stereocenters. The lowest BCUT2D eigenvalue weighted by atomic mass is 9.96. The third-order valence-electron chi connectivity index (χ3n) is 5.87. The Morgan fingerprint density at radius 3 is 2.33 bits per heavy atom. The fourth-order valence-electron chi connectivity index (χ4n) is 4.03. The van der Waals surface area contributed by atoms with E-state index in [1.54, 1.807) is 0 Å². The van der Waals surface area contributed by atoms with Crippen molar-refractivity contribution < 1.29 is 27.4 Å². The summed E-state index contributed by atoms with van der Waals surface area (Å²) in [4.78, 5) is 12.8. The second kappa shape index (κ2) is 9.09. The highest BCUT2D eigenvalue weighted by Gasteiger charge is 2.35. The first-order valence-electron chi connectivity index (χ1n) is 10.5. The van der Waals surface area contributed by atoms with Gasteiger partial charge in [0.15, 0.2) is 11.5 Å². The minimum Gasteiger partial charge on any atom is -0.486 e. The van der Waals surface area contributed by atoms with E-state index in [0.717, 1.165) is 11.3 Å². The Bertz CT molecular complexity index is 863. The maximum Gasteiger partial charge on any atom is 0.282 e. The van der Waals surface area contributed by atoms with E-state index in [4.69, 9.17) is 14.2 Å². The van der Waals surface area contributed by atoms with Crippen LogP contribution >= 0.6 is 0 Å². The van der Waals surface area contributed by atoms with Gasteiger partial charge < -0.3 is 19.5 Å². The molecule has 2 saturated heterocycles. The fourth-order valence-corrected chi connectivity index (χ4v) is 5.64. The second-order valence-electron chi connectivity index (χ2n) is 7.83. The van der Waals surface area contributed by atoms with Gasteiger partial charge in [-0.2, -0.15) is 17.0 Å². The molecule has 10 heteroatoms.